The molecule has 0 radical (unpaired) electrons. The molecule has 0 atom stereocenters. The van der Waals surface area contributed by atoms with Crippen molar-refractivity contribution in [3.05, 3.63) is 53.6 Å². The van der Waals surface area contributed by atoms with E-state index in [4.69, 9.17) is 14.2 Å². The molecule has 1 aliphatic rings. The number of hydrogen-bond donors (Lipinski definition) is 1. The summed E-state index contributed by atoms with van der Waals surface area (Å²) in [6.45, 7) is 10.3. The summed E-state index contributed by atoms with van der Waals surface area (Å²) in [5.41, 5.74) is 3.86. The van der Waals surface area contributed by atoms with E-state index >= 15 is 0 Å². The number of carbonyl (C=O) groups is 1. The van der Waals surface area contributed by atoms with Crippen molar-refractivity contribution in [1.82, 2.24) is 0 Å². The van der Waals surface area contributed by atoms with Gasteiger partial charge in [-0.2, -0.15) is 0 Å². The van der Waals surface area contributed by atoms with Gasteiger partial charge in [0.1, 0.15) is 0 Å². The molecule has 0 unspecified atom stereocenters. The number of nitrogens with one attached hydrogen (secondary N) is 1. The molecule has 0 spiro atoms. The molecule has 3 rings (SSSR count). The van der Waals surface area contributed by atoms with Gasteiger partial charge >= 0.3 is 0 Å². The van der Waals surface area contributed by atoms with Crippen LogP contribution in [0.1, 0.15) is 25.0 Å². The Balaban J connectivity index is 1.65. The van der Waals surface area contributed by atoms with Crippen LogP contribution >= 0.6 is 0 Å². The van der Waals surface area contributed by atoms with E-state index in [0.29, 0.717) is 24.7 Å². The van der Waals surface area contributed by atoms with Gasteiger partial charge in [0.2, 0.25) is 5.91 Å². The molecule has 0 aliphatic carbocycles. The minimum atomic E-state index is -0.177. The fraction of sp³-hybridized carbons (Fsp3) is 0.375. The van der Waals surface area contributed by atoms with Crippen LogP contribution < -0.4 is 19.7 Å². The van der Waals surface area contributed by atoms with Crippen LogP contribution in [0, 0.1) is 6.92 Å². The van der Waals surface area contributed by atoms with Crippen LogP contribution in [0.15, 0.2) is 42.5 Å². The zero-order valence-corrected chi connectivity index (χ0v) is 17.9. The monoisotopic (exact) mass is 410 g/mol. The lowest BCUT2D eigenvalue weighted by molar-refractivity contribution is -0.111. The van der Waals surface area contributed by atoms with Gasteiger partial charge in [0, 0.05) is 30.5 Å². The predicted octanol–water partition coefficient (Wildman–Crippen LogP) is 4.28. The molecule has 1 saturated heterocycles. The fourth-order valence-corrected chi connectivity index (χ4v) is 3.32. The lowest BCUT2D eigenvalue weighted by Crippen LogP contribution is -2.36. The Morgan fingerprint density at radius 3 is 2.50 bits per heavy atom. The smallest absolute Gasteiger partial charge is 0.248 e. The van der Waals surface area contributed by atoms with Crippen LogP contribution in [0.5, 0.6) is 11.5 Å². The maximum absolute atomic E-state index is 12.4. The number of morpholine rings is 1. The number of ether oxygens (including phenoxy) is 3. The Hall–Kier alpha value is -2.99. The Kier molecular flexibility index (Phi) is 7.74. The average molecular weight is 411 g/mol. The first-order valence-corrected chi connectivity index (χ1v) is 10.4. The van der Waals surface area contributed by atoms with Crippen LogP contribution in [0.3, 0.4) is 0 Å². The van der Waals surface area contributed by atoms with Crippen molar-refractivity contribution in [3.63, 3.8) is 0 Å². The number of anilines is 2. The number of hydrogen-bond acceptors (Lipinski definition) is 5. The molecular formula is C24H30N2O4. The Labute approximate surface area is 178 Å². The van der Waals surface area contributed by atoms with Gasteiger partial charge in [0.05, 0.1) is 26.4 Å². The Morgan fingerprint density at radius 1 is 1.07 bits per heavy atom. The lowest BCUT2D eigenvalue weighted by atomic mass is 10.1. The topological polar surface area (TPSA) is 60.0 Å². The molecule has 160 valence electrons. The molecule has 1 aliphatic heterocycles. The summed E-state index contributed by atoms with van der Waals surface area (Å²) in [5, 5.41) is 2.96. The van der Waals surface area contributed by atoms with Gasteiger partial charge in [0.15, 0.2) is 11.5 Å². The van der Waals surface area contributed by atoms with Crippen LogP contribution in [0.25, 0.3) is 6.08 Å². The van der Waals surface area contributed by atoms with Crippen LogP contribution in [0.2, 0.25) is 0 Å². The highest BCUT2D eigenvalue weighted by atomic mass is 16.5. The molecule has 0 bridgehead atoms. The summed E-state index contributed by atoms with van der Waals surface area (Å²) >= 11 is 0. The van der Waals surface area contributed by atoms with E-state index in [1.165, 1.54) is 6.08 Å². The van der Waals surface area contributed by atoms with Crippen molar-refractivity contribution < 1.29 is 19.0 Å². The normalized spacial score (nSPS) is 14.0. The predicted molar refractivity (Wildman–Crippen MR) is 121 cm³/mol. The maximum Gasteiger partial charge on any atom is 0.248 e. The molecule has 0 aromatic heterocycles. The molecule has 6 heteroatoms. The minimum Gasteiger partial charge on any atom is -0.490 e. The van der Waals surface area contributed by atoms with Gasteiger partial charge in [-0.1, -0.05) is 6.07 Å². The van der Waals surface area contributed by atoms with Crippen molar-refractivity contribution in [2.24, 2.45) is 0 Å². The fourth-order valence-electron chi connectivity index (χ4n) is 3.32. The summed E-state index contributed by atoms with van der Waals surface area (Å²) in [7, 11) is 0. The second kappa shape index (κ2) is 10.7. The number of carbonyl (C=O) groups excluding carboxylic acids is 1. The number of rotatable bonds is 8. The van der Waals surface area contributed by atoms with Gasteiger partial charge < -0.3 is 24.4 Å². The first kappa shape index (κ1) is 21.7. The largest absolute Gasteiger partial charge is 0.490 e. The third kappa shape index (κ3) is 5.76. The second-order valence-electron chi connectivity index (χ2n) is 6.99. The third-order valence-electron chi connectivity index (χ3n) is 4.84. The van der Waals surface area contributed by atoms with Gasteiger partial charge in [-0.15, -0.1) is 0 Å². The first-order chi connectivity index (χ1) is 14.6. The molecule has 2 aromatic rings. The number of benzene rings is 2. The minimum absolute atomic E-state index is 0.177. The van der Waals surface area contributed by atoms with E-state index in [0.717, 1.165) is 48.8 Å². The Bertz CT molecular complexity index is 889. The highest BCUT2D eigenvalue weighted by Gasteiger charge is 2.12. The quantitative estimate of drug-likeness (QED) is 0.658. The van der Waals surface area contributed by atoms with Crippen LogP contribution in [-0.4, -0.2) is 45.4 Å². The number of aryl methyl sites for hydroxylation is 1. The van der Waals surface area contributed by atoms with E-state index in [1.54, 1.807) is 6.08 Å². The van der Waals surface area contributed by atoms with Crippen molar-refractivity contribution in [2.75, 3.05) is 49.7 Å². The lowest BCUT2D eigenvalue weighted by Gasteiger charge is -2.29. The highest BCUT2D eigenvalue weighted by Crippen LogP contribution is 2.29. The van der Waals surface area contributed by atoms with Crippen molar-refractivity contribution in [3.8, 4) is 11.5 Å². The van der Waals surface area contributed by atoms with Gasteiger partial charge in [-0.05, 0) is 68.3 Å². The molecule has 30 heavy (non-hydrogen) atoms. The summed E-state index contributed by atoms with van der Waals surface area (Å²) < 4.78 is 16.6. The van der Waals surface area contributed by atoms with Gasteiger partial charge in [-0.25, -0.2) is 0 Å². The number of nitrogens with zero attached hydrogens (tertiary/aromatic N) is 1. The molecule has 2 aromatic carbocycles. The van der Waals surface area contributed by atoms with E-state index < -0.39 is 0 Å². The summed E-state index contributed by atoms with van der Waals surface area (Å²) in [5.74, 6) is 1.21. The SMILES string of the molecule is CCOc1ccc(/C=C/C(=O)Nc2ccc(N3CCOCC3)cc2C)cc1OCC. The highest BCUT2D eigenvalue weighted by molar-refractivity contribution is 6.02. The summed E-state index contributed by atoms with van der Waals surface area (Å²) in [6.07, 6.45) is 3.30. The molecule has 0 saturated carbocycles. The van der Waals surface area contributed by atoms with Gasteiger partial charge in [-0.3, -0.25) is 4.79 Å². The molecule has 1 N–H and O–H groups in total. The molecular weight excluding hydrogens is 380 g/mol. The van der Waals surface area contributed by atoms with E-state index in [-0.39, 0.29) is 5.91 Å². The van der Waals surface area contributed by atoms with E-state index in [9.17, 15) is 4.79 Å². The average Bonchev–Trinajstić information content (AvgIpc) is 2.76. The standard InChI is InChI=1S/C24H30N2O4/c1-4-29-22-10-6-19(17-23(22)30-5-2)7-11-24(27)25-21-9-8-20(16-18(21)3)26-12-14-28-15-13-26/h6-11,16-17H,4-5,12-15H2,1-3H3,(H,25,27)/b11-7+. The zero-order valence-electron chi connectivity index (χ0n) is 17.9. The van der Waals surface area contributed by atoms with E-state index in [1.807, 2.05) is 51.1 Å². The van der Waals surface area contributed by atoms with Crippen LogP contribution in [0.4, 0.5) is 11.4 Å². The summed E-state index contributed by atoms with van der Waals surface area (Å²) in [6, 6.07) is 11.7. The summed E-state index contributed by atoms with van der Waals surface area (Å²) in [4.78, 5) is 14.7. The van der Waals surface area contributed by atoms with Crippen molar-refractivity contribution in [2.45, 2.75) is 20.8 Å². The van der Waals surface area contributed by atoms with Gasteiger partial charge in [0.25, 0.3) is 0 Å². The van der Waals surface area contributed by atoms with Crippen molar-refractivity contribution in [1.29, 1.82) is 0 Å². The molecule has 1 fully saturated rings. The van der Waals surface area contributed by atoms with Crippen LogP contribution in [-0.2, 0) is 9.53 Å². The third-order valence-corrected chi connectivity index (χ3v) is 4.84. The zero-order chi connectivity index (χ0) is 21.3. The molecule has 1 heterocycles. The van der Waals surface area contributed by atoms with E-state index in [2.05, 4.69) is 16.3 Å². The molecule has 1 amide bonds. The second-order valence-corrected chi connectivity index (χ2v) is 6.99. The maximum atomic E-state index is 12.4. The number of amides is 1. The first-order valence-electron chi connectivity index (χ1n) is 10.4. The molecule has 6 nitrogen and oxygen atoms in total. The van der Waals surface area contributed by atoms with Crippen molar-refractivity contribution >= 4 is 23.4 Å². The Morgan fingerprint density at radius 2 is 1.80 bits per heavy atom.